The van der Waals surface area contributed by atoms with Crippen LogP contribution < -0.4 is 15.4 Å². The van der Waals surface area contributed by atoms with E-state index >= 15 is 0 Å². The first-order valence-corrected chi connectivity index (χ1v) is 11.1. The Morgan fingerprint density at radius 3 is 2.32 bits per heavy atom. The molecule has 0 saturated carbocycles. The predicted octanol–water partition coefficient (Wildman–Crippen LogP) is 7.27. The average molecular weight is 500 g/mol. The molecule has 2 aromatic carbocycles. The Bertz CT molecular complexity index is 1310. The van der Waals surface area contributed by atoms with Gasteiger partial charge in [0.1, 0.15) is 23.1 Å². The topological polar surface area (TPSA) is 81.1 Å². The molecule has 0 fully saturated rings. The summed E-state index contributed by atoms with van der Waals surface area (Å²) in [4.78, 5) is 16.6. The number of carbonyl (C=O) groups excluding carboxylic acids is 1. The third kappa shape index (κ3) is 5.65. The van der Waals surface area contributed by atoms with Gasteiger partial charge in [0.15, 0.2) is 0 Å². The number of urea groups is 1. The zero-order chi connectivity index (χ0) is 24.2. The van der Waals surface area contributed by atoms with Crippen LogP contribution in [0.3, 0.4) is 0 Å². The first-order chi connectivity index (χ1) is 16.3. The molecule has 0 aliphatic carbocycles. The minimum atomic E-state index is -0.653. The summed E-state index contributed by atoms with van der Waals surface area (Å²) in [5.41, 5.74) is 1.30. The number of nitrogens with one attached hydrogen (secondary N) is 2. The van der Waals surface area contributed by atoms with Gasteiger partial charge in [0.2, 0.25) is 0 Å². The van der Waals surface area contributed by atoms with Crippen molar-refractivity contribution in [2.75, 3.05) is 10.6 Å². The van der Waals surface area contributed by atoms with Crippen LogP contribution in [0.1, 0.15) is 25.5 Å². The van der Waals surface area contributed by atoms with Gasteiger partial charge in [0, 0.05) is 34.6 Å². The lowest BCUT2D eigenvalue weighted by Gasteiger charge is -2.12. The molecule has 34 heavy (non-hydrogen) atoms. The summed E-state index contributed by atoms with van der Waals surface area (Å²) in [6, 6.07) is 13.5. The van der Waals surface area contributed by atoms with Gasteiger partial charge in [0.25, 0.3) is 0 Å². The number of nitrogens with zero attached hydrogens (tertiary/aromatic N) is 3. The van der Waals surface area contributed by atoms with Gasteiger partial charge in [-0.05, 0) is 48.4 Å². The third-order valence-corrected chi connectivity index (χ3v) is 5.16. The number of pyridine rings is 1. The van der Waals surface area contributed by atoms with E-state index in [1.54, 1.807) is 54.9 Å². The van der Waals surface area contributed by atoms with Gasteiger partial charge < -0.3 is 10.1 Å². The molecule has 4 aromatic rings. The maximum atomic E-state index is 14.6. The van der Waals surface area contributed by atoms with Crippen molar-refractivity contribution in [3.8, 4) is 17.2 Å². The second-order valence-electron chi connectivity index (χ2n) is 7.65. The van der Waals surface area contributed by atoms with Gasteiger partial charge >= 0.3 is 6.03 Å². The molecular weight excluding hydrogens is 480 g/mol. The van der Waals surface area contributed by atoms with Crippen LogP contribution in [0.5, 0.6) is 11.5 Å². The maximum absolute atomic E-state index is 14.6. The van der Waals surface area contributed by atoms with Crippen LogP contribution in [0.2, 0.25) is 10.0 Å². The van der Waals surface area contributed by atoms with E-state index in [2.05, 4.69) is 20.7 Å². The van der Waals surface area contributed by atoms with E-state index in [4.69, 9.17) is 27.9 Å². The highest BCUT2D eigenvalue weighted by atomic mass is 35.5. The SMILES string of the molecule is CC(C)c1cc(NC(=O)Nc2ccc(Oc3ccncc3)cc2F)n(-c2cc(Cl)cc(Cl)c2)n1. The standard InChI is InChI=1S/C24H20Cl2FN5O2/c1-14(2)22-13-23(32(31-22)17-10-15(25)9-16(26)11-17)30-24(33)29-21-4-3-19(12-20(21)27)34-18-5-7-28-8-6-18/h3-14H,1-2H3,(H2,29,30,33). The summed E-state index contributed by atoms with van der Waals surface area (Å²) in [5, 5.41) is 10.6. The fourth-order valence-electron chi connectivity index (χ4n) is 3.10. The Labute approximate surface area is 205 Å². The van der Waals surface area contributed by atoms with Crippen LogP contribution in [-0.2, 0) is 0 Å². The zero-order valence-corrected chi connectivity index (χ0v) is 19.7. The van der Waals surface area contributed by atoms with Gasteiger partial charge in [0.05, 0.1) is 17.1 Å². The summed E-state index contributed by atoms with van der Waals surface area (Å²) < 4.78 is 21.7. The van der Waals surface area contributed by atoms with E-state index in [0.717, 1.165) is 5.69 Å². The lowest BCUT2D eigenvalue weighted by molar-refractivity contribution is 0.262. The highest BCUT2D eigenvalue weighted by Gasteiger charge is 2.16. The molecule has 0 radical (unpaired) electrons. The molecule has 0 bridgehead atoms. The fraction of sp³-hybridized carbons (Fsp3) is 0.125. The molecule has 10 heteroatoms. The first kappa shape index (κ1) is 23.5. The number of hydrogen-bond donors (Lipinski definition) is 2. The van der Waals surface area contributed by atoms with Crippen LogP contribution in [0.4, 0.5) is 20.7 Å². The van der Waals surface area contributed by atoms with E-state index in [0.29, 0.717) is 27.3 Å². The molecule has 2 N–H and O–H groups in total. The summed E-state index contributed by atoms with van der Waals surface area (Å²) in [7, 11) is 0. The van der Waals surface area contributed by atoms with Crippen molar-refractivity contribution in [1.82, 2.24) is 14.8 Å². The van der Waals surface area contributed by atoms with Crippen molar-refractivity contribution >= 4 is 40.7 Å². The van der Waals surface area contributed by atoms with Gasteiger partial charge in [-0.1, -0.05) is 37.0 Å². The first-order valence-electron chi connectivity index (χ1n) is 10.3. The molecule has 4 rings (SSSR count). The second kappa shape index (κ2) is 10.1. The van der Waals surface area contributed by atoms with Crippen molar-refractivity contribution < 1.29 is 13.9 Å². The Kier molecular flexibility index (Phi) is 7.00. The molecule has 0 aliphatic heterocycles. The Morgan fingerprint density at radius 1 is 0.971 bits per heavy atom. The Balaban J connectivity index is 1.53. The van der Waals surface area contributed by atoms with Crippen LogP contribution in [0, 0.1) is 5.82 Å². The molecule has 0 saturated heterocycles. The number of rotatable bonds is 6. The summed E-state index contributed by atoms with van der Waals surface area (Å²) in [6.45, 7) is 3.96. The molecule has 2 amide bonds. The maximum Gasteiger partial charge on any atom is 0.324 e. The third-order valence-electron chi connectivity index (χ3n) is 4.73. The summed E-state index contributed by atoms with van der Waals surface area (Å²) in [6.07, 6.45) is 3.14. The van der Waals surface area contributed by atoms with E-state index in [1.165, 1.54) is 16.8 Å². The number of ether oxygens (including phenoxy) is 1. The summed E-state index contributed by atoms with van der Waals surface area (Å²) in [5.74, 6) is 0.623. The van der Waals surface area contributed by atoms with E-state index in [9.17, 15) is 9.18 Å². The van der Waals surface area contributed by atoms with Crippen LogP contribution >= 0.6 is 23.2 Å². The molecule has 174 valence electrons. The van der Waals surface area contributed by atoms with Gasteiger partial charge in [-0.3, -0.25) is 10.3 Å². The number of hydrogen-bond acceptors (Lipinski definition) is 4. The largest absolute Gasteiger partial charge is 0.457 e. The minimum absolute atomic E-state index is 0.0134. The van der Waals surface area contributed by atoms with Gasteiger partial charge in [-0.2, -0.15) is 5.10 Å². The predicted molar refractivity (Wildman–Crippen MR) is 131 cm³/mol. The monoisotopic (exact) mass is 499 g/mol. The minimum Gasteiger partial charge on any atom is -0.457 e. The normalized spacial score (nSPS) is 10.9. The highest BCUT2D eigenvalue weighted by Crippen LogP contribution is 2.28. The lowest BCUT2D eigenvalue weighted by Crippen LogP contribution is -2.22. The Morgan fingerprint density at radius 2 is 1.68 bits per heavy atom. The molecule has 7 nitrogen and oxygen atoms in total. The van der Waals surface area contributed by atoms with Crippen molar-refractivity contribution in [1.29, 1.82) is 0 Å². The lowest BCUT2D eigenvalue weighted by atomic mass is 10.1. The van der Waals surface area contributed by atoms with E-state index in [-0.39, 0.29) is 17.4 Å². The number of anilines is 2. The molecule has 0 unspecified atom stereocenters. The number of halogens is 3. The van der Waals surface area contributed by atoms with Gasteiger partial charge in [-0.15, -0.1) is 0 Å². The van der Waals surface area contributed by atoms with Gasteiger partial charge in [-0.25, -0.2) is 13.9 Å². The number of carbonyl (C=O) groups is 1. The quantitative estimate of drug-likeness (QED) is 0.292. The molecule has 2 heterocycles. The molecule has 0 spiro atoms. The average Bonchev–Trinajstić information content (AvgIpc) is 3.20. The summed E-state index contributed by atoms with van der Waals surface area (Å²) >= 11 is 12.3. The molecule has 2 aromatic heterocycles. The van der Waals surface area contributed by atoms with Crippen LogP contribution in [0.15, 0.2) is 67.0 Å². The molecular formula is C24H20Cl2FN5O2. The van der Waals surface area contributed by atoms with E-state index < -0.39 is 11.8 Å². The zero-order valence-electron chi connectivity index (χ0n) is 18.2. The van der Waals surface area contributed by atoms with Crippen molar-refractivity contribution in [3.63, 3.8) is 0 Å². The smallest absolute Gasteiger partial charge is 0.324 e. The van der Waals surface area contributed by atoms with Crippen LogP contribution in [0.25, 0.3) is 5.69 Å². The Hall–Kier alpha value is -3.62. The fourth-order valence-corrected chi connectivity index (χ4v) is 3.62. The molecule has 0 aliphatic rings. The van der Waals surface area contributed by atoms with Crippen molar-refractivity contribution in [3.05, 3.63) is 88.5 Å². The number of benzene rings is 2. The van der Waals surface area contributed by atoms with Crippen LogP contribution in [-0.4, -0.2) is 20.8 Å². The molecule has 0 atom stereocenters. The highest BCUT2D eigenvalue weighted by molar-refractivity contribution is 6.34. The van der Waals surface area contributed by atoms with Crippen molar-refractivity contribution in [2.45, 2.75) is 19.8 Å². The second-order valence-corrected chi connectivity index (χ2v) is 8.53. The van der Waals surface area contributed by atoms with E-state index in [1.807, 2.05) is 13.8 Å². The number of aromatic nitrogens is 3. The van der Waals surface area contributed by atoms with Crippen molar-refractivity contribution in [2.24, 2.45) is 0 Å². The number of amides is 2.